The first kappa shape index (κ1) is 10.5. The second-order valence-electron chi connectivity index (χ2n) is 3.85. The molecule has 0 bridgehead atoms. The van der Waals surface area contributed by atoms with Crippen LogP contribution in [0.5, 0.6) is 5.75 Å². The summed E-state index contributed by atoms with van der Waals surface area (Å²) in [4.78, 5) is 19.2. The lowest BCUT2D eigenvalue weighted by molar-refractivity contribution is -0.118. The second kappa shape index (κ2) is 3.99. The molecule has 0 fully saturated rings. The van der Waals surface area contributed by atoms with Crippen molar-refractivity contribution in [1.29, 1.82) is 0 Å². The van der Waals surface area contributed by atoms with E-state index in [0.29, 0.717) is 17.1 Å². The number of carbonyl (C=O) groups excluding carboxylic acids is 1. The number of nitrogens with one attached hydrogen (secondary N) is 1. The summed E-state index contributed by atoms with van der Waals surface area (Å²) in [5.74, 6) is 0.702. The highest BCUT2D eigenvalue weighted by molar-refractivity contribution is 5.96. The van der Waals surface area contributed by atoms with Gasteiger partial charge in [-0.2, -0.15) is 0 Å². The molecule has 1 aromatic heterocycles. The first-order chi connectivity index (χ1) is 8.72. The van der Waals surface area contributed by atoms with Crippen molar-refractivity contribution in [2.75, 3.05) is 17.7 Å². The predicted octanol–water partition coefficient (Wildman–Crippen LogP) is 1.06. The van der Waals surface area contributed by atoms with Crippen LogP contribution in [0.3, 0.4) is 0 Å². The number of aromatic nitrogens is 2. The molecule has 2 aromatic rings. The maximum absolute atomic E-state index is 11.2. The zero-order valence-electron chi connectivity index (χ0n) is 9.38. The average Bonchev–Trinajstić information content (AvgIpc) is 2.38. The Balaban J connectivity index is 2.04. The van der Waals surface area contributed by atoms with E-state index < -0.39 is 0 Å². The van der Waals surface area contributed by atoms with Crippen LogP contribution in [-0.2, 0) is 4.79 Å². The molecular formula is C12H10N4O2. The molecule has 0 radical (unpaired) electrons. The van der Waals surface area contributed by atoms with E-state index in [0.717, 1.165) is 5.56 Å². The van der Waals surface area contributed by atoms with Crippen molar-refractivity contribution in [1.82, 2.24) is 9.97 Å². The Bertz CT molecular complexity index is 627. The van der Waals surface area contributed by atoms with Crippen LogP contribution in [0.25, 0.3) is 11.3 Å². The fourth-order valence-corrected chi connectivity index (χ4v) is 1.78. The Morgan fingerprint density at radius 1 is 1.33 bits per heavy atom. The largest absolute Gasteiger partial charge is 0.482 e. The van der Waals surface area contributed by atoms with Gasteiger partial charge in [0.2, 0.25) is 5.95 Å². The lowest BCUT2D eigenvalue weighted by atomic mass is 10.1. The fraction of sp³-hybridized carbons (Fsp3) is 0.0833. The van der Waals surface area contributed by atoms with Crippen LogP contribution in [0.2, 0.25) is 0 Å². The van der Waals surface area contributed by atoms with Gasteiger partial charge in [-0.05, 0) is 24.3 Å². The molecule has 1 aromatic carbocycles. The van der Waals surface area contributed by atoms with Gasteiger partial charge in [0.05, 0.1) is 11.4 Å². The van der Waals surface area contributed by atoms with Gasteiger partial charge in [-0.1, -0.05) is 0 Å². The first-order valence-corrected chi connectivity index (χ1v) is 5.38. The monoisotopic (exact) mass is 242 g/mol. The van der Waals surface area contributed by atoms with Crippen molar-refractivity contribution in [3.05, 3.63) is 30.5 Å². The lowest BCUT2D eigenvalue weighted by Crippen LogP contribution is -2.25. The van der Waals surface area contributed by atoms with Gasteiger partial charge in [-0.3, -0.25) is 4.79 Å². The molecule has 0 spiro atoms. The minimum Gasteiger partial charge on any atom is -0.482 e. The molecule has 6 nitrogen and oxygen atoms in total. The van der Waals surface area contributed by atoms with E-state index in [4.69, 9.17) is 10.5 Å². The highest BCUT2D eigenvalue weighted by Gasteiger charge is 2.16. The molecule has 0 aliphatic carbocycles. The quantitative estimate of drug-likeness (QED) is 0.780. The van der Waals surface area contributed by atoms with E-state index in [1.54, 1.807) is 24.4 Å². The van der Waals surface area contributed by atoms with Crippen molar-refractivity contribution in [3.8, 4) is 17.0 Å². The number of hydrogen-bond acceptors (Lipinski definition) is 5. The van der Waals surface area contributed by atoms with Gasteiger partial charge in [-0.15, -0.1) is 0 Å². The summed E-state index contributed by atoms with van der Waals surface area (Å²) in [5, 5.41) is 2.75. The number of nitrogens with zero attached hydrogens (tertiary/aromatic N) is 2. The third kappa shape index (κ3) is 1.84. The highest BCUT2D eigenvalue weighted by atomic mass is 16.5. The number of benzene rings is 1. The van der Waals surface area contributed by atoms with Gasteiger partial charge in [0, 0.05) is 11.8 Å². The van der Waals surface area contributed by atoms with Gasteiger partial charge in [0.1, 0.15) is 5.75 Å². The maximum atomic E-state index is 11.2. The Labute approximate surface area is 103 Å². The van der Waals surface area contributed by atoms with Crippen LogP contribution >= 0.6 is 0 Å². The van der Waals surface area contributed by atoms with Gasteiger partial charge in [0.15, 0.2) is 6.61 Å². The molecule has 0 saturated carbocycles. The van der Waals surface area contributed by atoms with Gasteiger partial charge in [-0.25, -0.2) is 9.97 Å². The number of amides is 1. The second-order valence-corrected chi connectivity index (χ2v) is 3.85. The zero-order chi connectivity index (χ0) is 12.5. The van der Waals surface area contributed by atoms with Crippen LogP contribution in [-0.4, -0.2) is 22.5 Å². The summed E-state index contributed by atoms with van der Waals surface area (Å²) in [6.07, 6.45) is 1.59. The molecule has 1 aliphatic heterocycles. The number of fused-ring (bicyclic) bond motifs is 1. The van der Waals surface area contributed by atoms with E-state index in [-0.39, 0.29) is 18.5 Å². The van der Waals surface area contributed by atoms with E-state index >= 15 is 0 Å². The summed E-state index contributed by atoms with van der Waals surface area (Å²) in [6, 6.07) is 7.21. The highest BCUT2D eigenvalue weighted by Crippen LogP contribution is 2.31. The molecule has 18 heavy (non-hydrogen) atoms. The van der Waals surface area contributed by atoms with Gasteiger partial charge in [0.25, 0.3) is 5.91 Å². The van der Waals surface area contributed by atoms with Crippen LogP contribution in [0.15, 0.2) is 30.5 Å². The van der Waals surface area contributed by atoms with Crippen molar-refractivity contribution < 1.29 is 9.53 Å². The third-order valence-electron chi connectivity index (χ3n) is 2.58. The first-order valence-electron chi connectivity index (χ1n) is 5.38. The summed E-state index contributed by atoms with van der Waals surface area (Å²) in [6.45, 7) is 0.0484. The number of rotatable bonds is 1. The van der Waals surface area contributed by atoms with E-state index in [2.05, 4.69) is 15.3 Å². The number of nitrogens with two attached hydrogens (primary N) is 1. The number of anilines is 2. The van der Waals surface area contributed by atoms with Crippen molar-refractivity contribution >= 4 is 17.5 Å². The minimum absolute atomic E-state index is 0.0484. The number of hydrogen-bond donors (Lipinski definition) is 2. The van der Waals surface area contributed by atoms with Crippen molar-refractivity contribution in [2.24, 2.45) is 0 Å². The number of carbonyl (C=O) groups is 1. The fourth-order valence-electron chi connectivity index (χ4n) is 1.78. The van der Waals surface area contributed by atoms with Crippen molar-refractivity contribution in [3.63, 3.8) is 0 Å². The molecular weight excluding hydrogens is 232 g/mol. The zero-order valence-corrected chi connectivity index (χ0v) is 9.38. The SMILES string of the molecule is Nc1nccc(-c2ccc3c(c2)NC(=O)CO3)n1. The summed E-state index contributed by atoms with van der Waals surface area (Å²) < 4.78 is 5.28. The van der Waals surface area contributed by atoms with Crippen LogP contribution < -0.4 is 15.8 Å². The Kier molecular flexibility index (Phi) is 2.33. The molecule has 3 rings (SSSR count). The number of nitrogen functional groups attached to an aromatic ring is 1. The number of ether oxygens (including phenoxy) is 1. The molecule has 2 heterocycles. The lowest BCUT2D eigenvalue weighted by Gasteiger charge is -2.18. The molecule has 1 amide bonds. The molecule has 0 unspecified atom stereocenters. The normalized spacial score (nSPS) is 13.4. The maximum Gasteiger partial charge on any atom is 0.262 e. The molecule has 1 aliphatic rings. The van der Waals surface area contributed by atoms with E-state index in [1.165, 1.54) is 0 Å². The average molecular weight is 242 g/mol. The standard InChI is InChI=1S/C12H10N4O2/c13-12-14-4-3-8(16-12)7-1-2-10-9(5-7)15-11(17)6-18-10/h1-5H,6H2,(H,15,17)(H2,13,14,16). The Morgan fingerprint density at radius 2 is 2.22 bits per heavy atom. The molecule has 0 saturated heterocycles. The van der Waals surface area contributed by atoms with Gasteiger partial charge >= 0.3 is 0 Å². The summed E-state index contributed by atoms with van der Waals surface area (Å²) >= 11 is 0. The minimum atomic E-state index is -0.165. The molecule has 6 heteroatoms. The van der Waals surface area contributed by atoms with Gasteiger partial charge < -0.3 is 15.8 Å². The van der Waals surface area contributed by atoms with Crippen LogP contribution in [0.1, 0.15) is 0 Å². The smallest absolute Gasteiger partial charge is 0.262 e. The summed E-state index contributed by atoms with van der Waals surface area (Å²) in [7, 11) is 0. The molecule has 0 atom stereocenters. The molecule has 3 N–H and O–H groups in total. The Hall–Kier alpha value is -2.63. The summed E-state index contributed by atoms with van der Waals surface area (Å²) in [5.41, 5.74) is 7.72. The third-order valence-corrected chi connectivity index (χ3v) is 2.58. The predicted molar refractivity (Wildman–Crippen MR) is 66.0 cm³/mol. The Morgan fingerprint density at radius 3 is 3.06 bits per heavy atom. The van der Waals surface area contributed by atoms with E-state index in [9.17, 15) is 4.79 Å². The van der Waals surface area contributed by atoms with E-state index in [1.807, 2.05) is 6.07 Å². The van der Waals surface area contributed by atoms with Crippen molar-refractivity contribution in [2.45, 2.75) is 0 Å². The van der Waals surface area contributed by atoms with Crippen LogP contribution in [0.4, 0.5) is 11.6 Å². The molecule has 90 valence electrons. The van der Waals surface area contributed by atoms with Crippen LogP contribution in [0, 0.1) is 0 Å². The topological polar surface area (TPSA) is 90.1 Å².